The molecule has 1 fully saturated rings. The Morgan fingerprint density at radius 2 is 2.10 bits per heavy atom. The largest absolute Gasteiger partial charge is 0.449 e. The third-order valence-electron chi connectivity index (χ3n) is 3.78. The summed E-state index contributed by atoms with van der Waals surface area (Å²) >= 11 is 0. The number of carbonyl (C=O) groups is 1. The lowest BCUT2D eigenvalue weighted by Gasteiger charge is -2.16. The number of hydrogen-bond acceptors (Lipinski definition) is 4. The van der Waals surface area contributed by atoms with Crippen molar-refractivity contribution in [1.82, 2.24) is 5.32 Å². The van der Waals surface area contributed by atoms with E-state index in [-0.39, 0.29) is 17.9 Å². The van der Waals surface area contributed by atoms with E-state index in [1.807, 2.05) is 39.0 Å². The van der Waals surface area contributed by atoms with Crippen molar-refractivity contribution < 1.29 is 14.3 Å². The highest BCUT2D eigenvalue weighted by Crippen LogP contribution is 2.40. The molecule has 1 aromatic rings. The normalized spacial score (nSPS) is 26.6. The molecule has 0 radical (unpaired) electrons. The molecule has 2 N–H and O–H groups in total. The molecule has 0 aromatic heterocycles. The number of fused-ring (bicyclic) bond motifs is 1. The van der Waals surface area contributed by atoms with E-state index in [2.05, 4.69) is 10.6 Å². The van der Waals surface area contributed by atoms with Gasteiger partial charge in [-0.3, -0.25) is 4.79 Å². The van der Waals surface area contributed by atoms with Gasteiger partial charge >= 0.3 is 0 Å². The first-order valence-electron chi connectivity index (χ1n) is 7.01. The molecule has 2 aliphatic heterocycles. The average Bonchev–Trinajstić information content (AvgIpc) is 2.90. The predicted octanol–water partition coefficient (Wildman–Crippen LogP) is 2.13. The lowest BCUT2D eigenvalue weighted by atomic mass is 10.0. The Bertz CT molecular complexity index is 542. The van der Waals surface area contributed by atoms with Crippen molar-refractivity contribution in [2.24, 2.45) is 5.92 Å². The molecule has 0 saturated carbocycles. The summed E-state index contributed by atoms with van der Waals surface area (Å²) in [5.41, 5.74) is 0.745. The Kier molecular flexibility index (Phi) is 3.09. The number of amides is 1. The van der Waals surface area contributed by atoms with Crippen LogP contribution in [0.15, 0.2) is 18.2 Å². The van der Waals surface area contributed by atoms with E-state index in [4.69, 9.17) is 9.47 Å². The number of anilines is 1. The van der Waals surface area contributed by atoms with E-state index >= 15 is 0 Å². The molecule has 1 amide bonds. The third-order valence-corrected chi connectivity index (χ3v) is 3.78. The van der Waals surface area contributed by atoms with Gasteiger partial charge in [-0.05, 0) is 32.0 Å². The van der Waals surface area contributed by atoms with Crippen LogP contribution in [0.2, 0.25) is 0 Å². The quantitative estimate of drug-likeness (QED) is 0.868. The fourth-order valence-corrected chi connectivity index (χ4v) is 2.75. The first-order chi connectivity index (χ1) is 9.44. The van der Waals surface area contributed by atoms with Gasteiger partial charge in [-0.25, -0.2) is 0 Å². The average molecular weight is 276 g/mol. The second-order valence-corrected chi connectivity index (χ2v) is 5.89. The molecule has 1 aromatic carbocycles. The van der Waals surface area contributed by atoms with Gasteiger partial charge in [-0.1, -0.05) is 0 Å². The third kappa shape index (κ3) is 2.45. The van der Waals surface area contributed by atoms with Gasteiger partial charge < -0.3 is 20.1 Å². The molecule has 3 rings (SSSR count). The highest BCUT2D eigenvalue weighted by atomic mass is 16.7. The Morgan fingerprint density at radius 1 is 1.35 bits per heavy atom. The molecule has 108 valence electrons. The molecule has 2 heterocycles. The number of nitrogens with one attached hydrogen (secondary N) is 2. The molecule has 2 atom stereocenters. The number of benzene rings is 1. The fourth-order valence-electron chi connectivity index (χ4n) is 2.75. The summed E-state index contributed by atoms with van der Waals surface area (Å²) in [5.74, 6) is 0.821. The van der Waals surface area contributed by atoms with Crippen LogP contribution < -0.4 is 20.1 Å². The van der Waals surface area contributed by atoms with E-state index in [0.717, 1.165) is 18.7 Å². The van der Waals surface area contributed by atoms with Crippen molar-refractivity contribution >= 4 is 11.6 Å². The number of ether oxygens (including phenoxy) is 2. The summed E-state index contributed by atoms with van der Waals surface area (Å²) in [6.45, 7) is 6.66. The highest BCUT2D eigenvalue weighted by molar-refractivity contribution is 5.93. The second-order valence-electron chi connectivity index (χ2n) is 5.89. The number of carbonyl (C=O) groups excluding carboxylic acids is 1. The van der Waals surface area contributed by atoms with Crippen LogP contribution in [0.1, 0.15) is 27.2 Å². The smallest absolute Gasteiger partial charge is 0.246 e. The molecule has 0 aliphatic carbocycles. The first kappa shape index (κ1) is 13.2. The van der Waals surface area contributed by atoms with Crippen molar-refractivity contribution in [1.29, 1.82) is 0 Å². The summed E-state index contributed by atoms with van der Waals surface area (Å²) in [6, 6.07) is 5.71. The zero-order chi connectivity index (χ0) is 14.3. The second kappa shape index (κ2) is 4.66. The Labute approximate surface area is 118 Å². The van der Waals surface area contributed by atoms with Gasteiger partial charge in [0.1, 0.15) is 0 Å². The maximum Gasteiger partial charge on any atom is 0.246 e. The Balaban J connectivity index is 1.72. The fraction of sp³-hybridized carbons (Fsp3) is 0.533. The van der Waals surface area contributed by atoms with Crippen molar-refractivity contribution in [3.8, 4) is 11.5 Å². The number of rotatable bonds is 2. The van der Waals surface area contributed by atoms with Crippen LogP contribution in [0, 0.1) is 5.92 Å². The van der Waals surface area contributed by atoms with Crippen LogP contribution in [0.4, 0.5) is 5.69 Å². The molecular formula is C15H20N2O3. The zero-order valence-electron chi connectivity index (χ0n) is 12.0. The molecule has 20 heavy (non-hydrogen) atoms. The minimum Gasteiger partial charge on any atom is -0.449 e. The van der Waals surface area contributed by atoms with Crippen LogP contribution in [-0.2, 0) is 4.79 Å². The van der Waals surface area contributed by atoms with E-state index in [1.54, 1.807) is 0 Å². The van der Waals surface area contributed by atoms with Gasteiger partial charge in [-0.2, -0.15) is 0 Å². The lowest BCUT2D eigenvalue weighted by molar-refractivity contribution is -0.120. The van der Waals surface area contributed by atoms with Crippen molar-refractivity contribution in [3.63, 3.8) is 0 Å². The van der Waals surface area contributed by atoms with E-state index < -0.39 is 5.79 Å². The van der Waals surface area contributed by atoms with Gasteiger partial charge in [0.05, 0.1) is 5.92 Å². The van der Waals surface area contributed by atoms with Crippen molar-refractivity contribution in [2.45, 2.75) is 39.0 Å². The topological polar surface area (TPSA) is 59.6 Å². The molecule has 2 aliphatic rings. The summed E-state index contributed by atoms with van der Waals surface area (Å²) < 4.78 is 11.3. The summed E-state index contributed by atoms with van der Waals surface area (Å²) in [6.07, 6.45) is 0.880. The Hall–Kier alpha value is -1.75. The van der Waals surface area contributed by atoms with Crippen LogP contribution >= 0.6 is 0 Å². The predicted molar refractivity (Wildman–Crippen MR) is 76.0 cm³/mol. The minimum atomic E-state index is -0.644. The summed E-state index contributed by atoms with van der Waals surface area (Å²) in [7, 11) is 0. The van der Waals surface area contributed by atoms with Crippen LogP contribution in [0.5, 0.6) is 11.5 Å². The Morgan fingerprint density at radius 3 is 2.80 bits per heavy atom. The van der Waals surface area contributed by atoms with Crippen LogP contribution in [0.25, 0.3) is 0 Å². The maximum atomic E-state index is 12.2. The lowest BCUT2D eigenvalue weighted by Crippen LogP contribution is -2.32. The van der Waals surface area contributed by atoms with Crippen molar-refractivity contribution in [2.75, 3.05) is 11.9 Å². The van der Waals surface area contributed by atoms with E-state index in [0.29, 0.717) is 11.5 Å². The molecule has 2 unspecified atom stereocenters. The van der Waals surface area contributed by atoms with Gasteiger partial charge in [0.25, 0.3) is 0 Å². The van der Waals surface area contributed by atoms with E-state index in [9.17, 15) is 4.79 Å². The number of hydrogen-bond donors (Lipinski definition) is 2. The monoisotopic (exact) mass is 276 g/mol. The molecule has 0 spiro atoms. The van der Waals surface area contributed by atoms with Crippen LogP contribution in [-0.4, -0.2) is 24.3 Å². The molecule has 5 heteroatoms. The van der Waals surface area contributed by atoms with Crippen LogP contribution in [0.3, 0.4) is 0 Å². The van der Waals surface area contributed by atoms with Gasteiger partial charge in [0.2, 0.25) is 11.7 Å². The molecular weight excluding hydrogens is 256 g/mol. The molecule has 1 saturated heterocycles. The minimum absolute atomic E-state index is 0.0249. The van der Waals surface area contributed by atoms with Crippen molar-refractivity contribution in [3.05, 3.63) is 18.2 Å². The van der Waals surface area contributed by atoms with Gasteiger partial charge in [0.15, 0.2) is 11.5 Å². The van der Waals surface area contributed by atoms with Gasteiger partial charge in [0, 0.05) is 31.6 Å². The molecule has 0 bridgehead atoms. The zero-order valence-corrected chi connectivity index (χ0v) is 12.0. The maximum absolute atomic E-state index is 12.2. The summed E-state index contributed by atoms with van der Waals surface area (Å²) in [4.78, 5) is 12.2. The standard InChI is InChI=1S/C15H20N2O3/c1-9-11(6-7-16-9)14(18)17-10-4-5-12-13(8-10)20-15(2,3)19-12/h4-5,8-9,11,16H,6-7H2,1-3H3,(H,17,18). The first-order valence-corrected chi connectivity index (χ1v) is 7.01. The van der Waals surface area contributed by atoms with Gasteiger partial charge in [-0.15, -0.1) is 0 Å². The summed E-state index contributed by atoms with van der Waals surface area (Å²) in [5, 5.41) is 6.24. The SMILES string of the molecule is CC1NCCC1C(=O)Nc1ccc2c(c1)OC(C)(C)O2. The van der Waals surface area contributed by atoms with E-state index in [1.165, 1.54) is 0 Å². The molecule has 5 nitrogen and oxygen atoms in total. The highest BCUT2D eigenvalue weighted by Gasteiger charge is 2.32.